The fraction of sp³-hybridized carbons (Fsp3) is 0.800. The van der Waals surface area contributed by atoms with Crippen LogP contribution < -0.4 is 16.0 Å². The molecule has 1 aliphatic rings. The van der Waals surface area contributed by atoms with Gasteiger partial charge in [0.05, 0.1) is 6.54 Å². The minimum Gasteiger partial charge on any atom is -0.329 e. The second-order valence-electron chi connectivity index (χ2n) is 4.37. The van der Waals surface area contributed by atoms with Crippen LogP contribution in [0.15, 0.2) is 0 Å². The van der Waals surface area contributed by atoms with E-state index in [1.54, 1.807) is 5.32 Å². The predicted molar refractivity (Wildman–Crippen MR) is 68.7 cm³/mol. The number of halogens is 4. The molecule has 1 rings (SSSR count). The summed E-state index contributed by atoms with van der Waals surface area (Å²) in [5, 5.41) is 6.58. The number of amides is 3. The van der Waals surface area contributed by atoms with Crippen LogP contribution in [0.3, 0.4) is 0 Å². The number of hydrogen-bond donors (Lipinski definition) is 3. The van der Waals surface area contributed by atoms with Crippen LogP contribution >= 0.6 is 12.4 Å². The van der Waals surface area contributed by atoms with E-state index < -0.39 is 24.7 Å². The van der Waals surface area contributed by atoms with Crippen molar-refractivity contribution in [1.82, 2.24) is 20.9 Å². The second kappa shape index (κ2) is 8.28. The van der Waals surface area contributed by atoms with Crippen LogP contribution in [0.5, 0.6) is 0 Å². The Bertz CT molecular complexity index is 341. The molecular weight excluding hydrogens is 301 g/mol. The van der Waals surface area contributed by atoms with Gasteiger partial charge in [-0.2, -0.15) is 13.2 Å². The highest BCUT2D eigenvalue weighted by atomic mass is 35.5. The lowest BCUT2D eigenvalue weighted by molar-refractivity contribution is -0.125. The Labute approximate surface area is 120 Å². The first-order chi connectivity index (χ1) is 8.78. The quantitative estimate of drug-likeness (QED) is 0.689. The van der Waals surface area contributed by atoms with Crippen molar-refractivity contribution in [2.45, 2.75) is 19.1 Å². The number of hydrogen-bond acceptors (Lipinski definition) is 4. The normalized spacial score (nSPS) is 19.9. The molecular formula is C10H18ClF3N4O2. The molecule has 6 nitrogen and oxygen atoms in total. The maximum absolute atomic E-state index is 11.8. The Balaban J connectivity index is 0.00000361. The summed E-state index contributed by atoms with van der Waals surface area (Å²) in [6.07, 6.45) is -4.49. The van der Waals surface area contributed by atoms with Gasteiger partial charge in [0.15, 0.2) is 0 Å². The second-order valence-corrected chi connectivity index (χ2v) is 4.37. The van der Waals surface area contributed by atoms with E-state index in [4.69, 9.17) is 0 Å². The molecule has 1 fully saturated rings. The molecule has 0 bridgehead atoms. The third-order valence-corrected chi connectivity index (χ3v) is 2.69. The van der Waals surface area contributed by atoms with Crippen molar-refractivity contribution in [2.75, 3.05) is 32.7 Å². The highest BCUT2D eigenvalue weighted by Crippen LogP contribution is 2.11. The van der Waals surface area contributed by atoms with Crippen LogP contribution in [-0.2, 0) is 4.79 Å². The summed E-state index contributed by atoms with van der Waals surface area (Å²) in [6.45, 7) is 2.56. The summed E-state index contributed by atoms with van der Waals surface area (Å²) in [7, 11) is 0. The average molecular weight is 319 g/mol. The molecule has 20 heavy (non-hydrogen) atoms. The van der Waals surface area contributed by atoms with Crippen LogP contribution in [0.25, 0.3) is 0 Å². The number of imide groups is 1. The van der Waals surface area contributed by atoms with E-state index in [1.165, 1.54) is 0 Å². The zero-order chi connectivity index (χ0) is 14.5. The predicted octanol–water partition coefficient (Wildman–Crippen LogP) is 0.0900. The monoisotopic (exact) mass is 318 g/mol. The number of rotatable bonds is 3. The van der Waals surface area contributed by atoms with E-state index >= 15 is 0 Å². The molecule has 0 aliphatic carbocycles. The van der Waals surface area contributed by atoms with Gasteiger partial charge in [0, 0.05) is 25.7 Å². The lowest BCUT2D eigenvalue weighted by atomic mass is 10.2. The molecule has 0 radical (unpaired) electrons. The van der Waals surface area contributed by atoms with Crippen LogP contribution in [-0.4, -0.2) is 61.8 Å². The van der Waals surface area contributed by atoms with E-state index in [9.17, 15) is 22.8 Å². The fourth-order valence-corrected chi connectivity index (χ4v) is 1.69. The van der Waals surface area contributed by atoms with Crippen LogP contribution in [0.2, 0.25) is 0 Å². The minimum atomic E-state index is -4.49. The lowest BCUT2D eigenvalue weighted by Gasteiger charge is -2.33. The molecule has 0 spiro atoms. The van der Waals surface area contributed by atoms with Gasteiger partial charge in [-0.15, -0.1) is 12.4 Å². The summed E-state index contributed by atoms with van der Waals surface area (Å²) >= 11 is 0. The van der Waals surface area contributed by atoms with E-state index in [-0.39, 0.29) is 25.0 Å². The molecule has 3 N–H and O–H groups in total. The molecule has 3 amide bonds. The van der Waals surface area contributed by atoms with Crippen molar-refractivity contribution < 1.29 is 22.8 Å². The van der Waals surface area contributed by atoms with Crippen molar-refractivity contribution in [3.63, 3.8) is 0 Å². The zero-order valence-corrected chi connectivity index (χ0v) is 11.7. The number of piperazine rings is 1. The van der Waals surface area contributed by atoms with Crippen molar-refractivity contribution in [1.29, 1.82) is 0 Å². The first kappa shape index (κ1) is 18.9. The number of carbonyl (C=O) groups excluding carboxylic acids is 2. The van der Waals surface area contributed by atoms with Gasteiger partial charge in [-0.25, -0.2) is 4.79 Å². The van der Waals surface area contributed by atoms with Gasteiger partial charge in [0.2, 0.25) is 5.91 Å². The first-order valence-corrected chi connectivity index (χ1v) is 5.87. The maximum atomic E-state index is 11.8. The summed E-state index contributed by atoms with van der Waals surface area (Å²) < 4.78 is 35.5. The Morgan fingerprint density at radius 3 is 2.60 bits per heavy atom. The number of urea groups is 1. The van der Waals surface area contributed by atoms with Crippen molar-refractivity contribution >= 4 is 24.3 Å². The SMILES string of the molecule is C[C@@H]1CNCCN1CC(=O)NC(=O)NCC(F)(F)F.Cl. The Morgan fingerprint density at radius 2 is 2.05 bits per heavy atom. The maximum Gasteiger partial charge on any atom is 0.405 e. The average Bonchev–Trinajstić information content (AvgIpc) is 2.29. The van der Waals surface area contributed by atoms with Gasteiger partial charge in [-0.05, 0) is 6.92 Å². The molecule has 1 atom stereocenters. The molecule has 0 unspecified atom stereocenters. The first-order valence-electron chi connectivity index (χ1n) is 5.87. The van der Waals surface area contributed by atoms with Crippen LogP contribution in [0.1, 0.15) is 6.92 Å². The fourth-order valence-electron chi connectivity index (χ4n) is 1.69. The molecule has 10 heteroatoms. The van der Waals surface area contributed by atoms with Gasteiger partial charge in [-0.1, -0.05) is 0 Å². The zero-order valence-electron chi connectivity index (χ0n) is 10.9. The molecule has 0 aromatic rings. The van der Waals surface area contributed by atoms with E-state index in [2.05, 4.69) is 5.32 Å². The van der Waals surface area contributed by atoms with Gasteiger partial charge in [-0.3, -0.25) is 15.0 Å². The standard InChI is InChI=1S/C10H17F3N4O2.ClH/c1-7-4-14-2-3-17(7)5-8(18)16-9(19)15-6-10(11,12)13;/h7,14H,2-6H2,1H3,(H2,15,16,18,19);1H/t7-;/m1./s1. The summed E-state index contributed by atoms with van der Waals surface area (Å²) in [4.78, 5) is 24.4. The highest BCUT2D eigenvalue weighted by molar-refractivity contribution is 5.95. The largest absolute Gasteiger partial charge is 0.405 e. The van der Waals surface area contributed by atoms with Gasteiger partial charge in [0.25, 0.3) is 0 Å². The van der Waals surface area contributed by atoms with Gasteiger partial charge >= 0.3 is 12.2 Å². The summed E-state index contributed by atoms with van der Waals surface area (Å²) in [5.74, 6) is -0.617. The Hall–Kier alpha value is -1.06. The smallest absolute Gasteiger partial charge is 0.329 e. The van der Waals surface area contributed by atoms with Crippen molar-refractivity contribution in [3.8, 4) is 0 Å². The summed E-state index contributed by atoms with van der Waals surface area (Å²) in [5.41, 5.74) is 0. The number of carbonyl (C=O) groups is 2. The van der Waals surface area contributed by atoms with Crippen LogP contribution in [0.4, 0.5) is 18.0 Å². The van der Waals surface area contributed by atoms with Crippen LogP contribution in [0, 0.1) is 0 Å². The Morgan fingerprint density at radius 1 is 1.40 bits per heavy atom. The third kappa shape index (κ3) is 7.51. The van der Waals surface area contributed by atoms with E-state index in [0.29, 0.717) is 6.54 Å². The minimum absolute atomic E-state index is 0. The van der Waals surface area contributed by atoms with Crippen molar-refractivity contribution in [2.24, 2.45) is 0 Å². The lowest BCUT2D eigenvalue weighted by Crippen LogP contribution is -2.54. The molecule has 0 aromatic carbocycles. The van der Waals surface area contributed by atoms with E-state index in [0.717, 1.165) is 13.1 Å². The molecule has 1 saturated heterocycles. The number of nitrogens with one attached hydrogen (secondary N) is 3. The molecule has 1 aliphatic heterocycles. The molecule has 0 aromatic heterocycles. The highest BCUT2D eigenvalue weighted by Gasteiger charge is 2.28. The topological polar surface area (TPSA) is 73.5 Å². The third-order valence-electron chi connectivity index (χ3n) is 2.69. The summed E-state index contributed by atoms with van der Waals surface area (Å²) in [6, 6.07) is -0.997. The molecule has 118 valence electrons. The molecule has 1 heterocycles. The number of alkyl halides is 3. The van der Waals surface area contributed by atoms with Gasteiger partial charge in [0.1, 0.15) is 6.54 Å². The Kier molecular flexibility index (Phi) is 7.84. The van der Waals surface area contributed by atoms with Crippen molar-refractivity contribution in [3.05, 3.63) is 0 Å². The molecule has 0 saturated carbocycles. The van der Waals surface area contributed by atoms with E-state index in [1.807, 2.05) is 17.1 Å². The number of nitrogens with zero attached hydrogens (tertiary/aromatic N) is 1. The van der Waals surface area contributed by atoms with Gasteiger partial charge < -0.3 is 10.6 Å².